The van der Waals surface area contributed by atoms with Gasteiger partial charge in [-0.25, -0.2) is 0 Å². The molecule has 0 amide bonds. The molecule has 0 atom stereocenters. The number of rotatable bonds is 0. The largest absolute Gasteiger partial charge is 0.316 e. The molecule has 0 N–H and O–H groups in total. The molecular weight excluding hydrogens is 241 g/mol. The monoisotopic (exact) mass is 244 g/mol. The molecule has 0 heterocycles. The van der Waals surface area contributed by atoms with Gasteiger partial charge in [-0.2, -0.15) is 0 Å². The van der Waals surface area contributed by atoms with Crippen molar-refractivity contribution in [3.05, 3.63) is 0 Å². The second-order valence-corrected chi connectivity index (χ2v) is 15.9. The van der Waals surface area contributed by atoms with Crippen LogP contribution in [0.4, 0.5) is 0 Å². The predicted molar refractivity (Wildman–Crippen MR) is 41.9 cm³/mol. The second kappa shape index (κ2) is 7.28. The first kappa shape index (κ1) is 16.6. The number of hydrogen-bond acceptors (Lipinski definition) is 0. The quantitative estimate of drug-likeness (QED) is 0.551. The predicted octanol–water partition coefficient (Wildman–Crippen LogP) is 0.655. The summed E-state index contributed by atoms with van der Waals surface area (Å²) in [4.78, 5) is 0. The molecule has 0 fully saturated rings. The minimum absolute atomic E-state index is 0. The Morgan fingerprint density at radius 1 is 0.857 bits per heavy atom. The molecule has 7 heavy (non-hydrogen) atoms. The van der Waals surface area contributed by atoms with E-state index in [1.54, 1.807) is 0 Å². The van der Waals surface area contributed by atoms with Crippen LogP contribution in [0, 0.1) is 0 Å². The van der Waals surface area contributed by atoms with Crippen LogP contribution in [-0.4, -0.2) is 40.4 Å². The van der Waals surface area contributed by atoms with Gasteiger partial charge in [-0.3, -0.25) is 0 Å². The van der Waals surface area contributed by atoms with E-state index in [0.717, 1.165) is 0 Å². The molecule has 0 unspecified atom stereocenters. The molecule has 0 bridgehead atoms. The first-order valence-corrected chi connectivity index (χ1v) is 9.35. The molecule has 42 valence electrons. The van der Waals surface area contributed by atoms with Crippen LogP contribution in [0.25, 0.3) is 0 Å². The molecule has 0 aromatic heterocycles. The summed E-state index contributed by atoms with van der Waals surface area (Å²) in [5.74, 6) is 0. The Labute approximate surface area is 88.4 Å². The molecular formula is H5AlCl4MgTi. The third kappa shape index (κ3) is 46.9. The van der Waals surface area contributed by atoms with Crippen LogP contribution < -0.4 is 0 Å². The van der Waals surface area contributed by atoms with Gasteiger partial charge in [0.15, 0.2) is 17.4 Å². The van der Waals surface area contributed by atoms with E-state index >= 15 is 0 Å². The Balaban J connectivity index is -0.0000000800. The summed E-state index contributed by atoms with van der Waals surface area (Å²) >= 11 is -3.11. The van der Waals surface area contributed by atoms with Crippen LogP contribution in [0.1, 0.15) is 0 Å². The molecule has 0 aliphatic heterocycles. The van der Waals surface area contributed by atoms with Gasteiger partial charge in [0.1, 0.15) is 0 Å². The SMILES string of the molecule is [AlH3].[Cl][Ti]([Cl])([Cl])[Cl].[MgH2]. The third-order valence-corrected chi connectivity index (χ3v) is 0. The van der Waals surface area contributed by atoms with Crippen molar-refractivity contribution < 1.29 is 12.3 Å². The van der Waals surface area contributed by atoms with Gasteiger partial charge in [0, 0.05) is 0 Å². The van der Waals surface area contributed by atoms with Crippen molar-refractivity contribution in [2.45, 2.75) is 0 Å². The average Bonchev–Trinajstić information content (AvgIpc) is 0.722. The Bertz CT molecular complexity index is 27.2. The van der Waals surface area contributed by atoms with Crippen molar-refractivity contribution in [2.24, 2.45) is 0 Å². The molecule has 0 spiro atoms. The molecule has 0 saturated heterocycles. The summed E-state index contributed by atoms with van der Waals surface area (Å²) in [6, 6.07) is 0. The summed E-state index contributed by atoms with van der Waals surface area (Å²) in [7, 11) is 20.1. The van der Waals surface area contributed by atoms with E-state index in [1.165, 1.54) is 0 Å². The summed E-state index contributed by atoms with van der Waals surface area (Å²) in [5.41, 5.74) is 0. The maximum absolute atomic E-state index is 5.01. The summed E-state index contributed by atoms with van der Waals surface area (Å²) in [6.45, 7) is 0. The Morgan fingerprint density at radius 3 is 0.857 bits per heavy atom. The van der Waals surface area contributed by atoms with E-state index in [1.807, 2.05) is 0 Å². The van der Waals surface area contributed by atoms with Gasteiger partial charge >= 0.3 is 72.6 Å². The second-order valence-electron chi connectivity index (χ2n) is 0.429. The smallest absolute Gasteiger partial charge is 0.316 e. The molecule has 0 rings (SSSR count). The molecule has 0 aliphatic rings. The standard InChI is InChI=1S/Al.4ClH.Mg.Ti.5H/h;4*1H;;;;;;;/q;;;;;;+4;;;;;/p-4. The fraction of sp³-hybridized carbons (Fsp3) is 0. The van der Waals surface area contributed by atoms with Crippen LogP contribution in [0.15, 0.2) is 0 Å². The Kier molecular flexibility index (Phi) is 17.3. The fourth-order valence-electron chi connectivity index (χ4n) is 0. The van der Waals surface area contributed by atoms with Crippen molar-refractivity contribution in [3.63, 3.8) is 0 Å². The molecule has 0 aromatic rings. The average molecular weight is 246 g/mol. The van der Waals surface area contributed by atoms with Gasteiger partial charge in [0.25, 0.3) is 0 Å². The van der Waals surface area contributed by atoms with E-state index in [0.29, 0.717) is 0 Å². The maximum Gasteiger partial charge on any atom is 0.316 e. The van der Waals surface area contributed by atoms with Crippen molar-refractivity contribution in [1.82, 2.24) is 0 Å². The fourth-order valence-corrected chi connectivity index (χ4v) is 0. The van der Waals surface area contributed by atoms with Crippen LogP contribution in [0.3, 0.4) is 0 Å². The van der Waals surface area contributed by atoms with Gasteiger partial charge in [-0.1, -0.05) is 0 Å². The van der Waals surface area contributed by atoms with Crippen LogP contribution in [0.2, 0.25) is 0 Å². The van der Waals surface area contributed by atoms with E-state index in [4.69, 9.17) is 37.2 Å². The van der Waals surface area contributed by atoms with Crippen LogP contribution in [0.5, 0.6) is 0 Å². The van der Waals surface area contributed by atoms with E-state index in [-0.39, 0.29) is 40.4 Å². The van der Waals surface area contributed by atoms with Gasteiger partial charge in [0.05, 0.1) is 0 Å². The number of halogens is 4. The van der Waals surface area contributed by atoms with Gasteiger partial charge < -0.3 is 0 Å². The molecule has 0 saturated carbocycles. The maximum atomic E-state index is 5.01. The Morgan fingerprint density at radius 2 is 0.857 bits per heavy atom. The van der Waals surface area contributed by atoms with Gasteiger partial charge in [-0.15, -0.1) is 0 Å². The topological polar surface area (TPSA) is 0 Å². The van der Waals surface area contributed by atoms with Crippen LogP contribution in [-0.2, 0) is 12.3 Å². The zero-order valence-electron chi connectivity index (χ0n) is 2.01. The minimum atomic E-state index is -3.11. The first-order chi connectivity index (χ1) is 2.00. The molecule has 0 radical (unpaired) electrons. The van der Waals surface area contributed by atoms with Crippen molar-refractivity contribution in [1.29, 1.82) is 0 Å². The normalized spacial score (nSPS) is 8.57. The molecule has 0 aliphatic carbocycles. The zero-order valence-corrected chi connectivity index (χ0v) is 6.60. The van der Waals surface area contributed by atoms with Gasteiger partial charge in [-0.05, 0) is 0 Å². The van der Waals surface area contributed by atoms with Crippen molar-refractivity contribution in [3.8, 4) is 0 Å². The minimum Gasteiger partial charge on any atom is 0.316 e. The Hall–Kier alpha value is 3.17. The molecule has 7 heteroatoms. The first-order valence-electron chi connectivity index (χ1n) is 0.756. The van der Waals surface area contributed by atoms with E-state index in [2.05, 4.69) is 0 Å². The number of hydrogen-bond donors (Lipinski definition) is 0. The van der Waals surface area contributed by atoms with Crippen LogP contribution >= 0.6 is 37.2 Å². The zero-order chi connectivity index (χ0) is 4.50. The summed E-state index contributed by atoms with van der Waals surface area (Å²) < 4.78 is 0. The summed E-state index contributed by atoms with van der Waals surface area (Å²) in [5, 5.41) is 0. The molecule has 0 aromatic carbocycles. The van der Waals surface area contributed by atoms with E-state index in [9.17, 15) is 0 Å². The van der Waals surface area contributed by atoms with Crippen molar-refractivity contribution in [2.75, 3.05) is 0 Å². The van der Waals surface area contributed by atoms with Gasteiger partial charge in [0.2, 0.25) is 0 Å². The van der Waals surface area contributed by atoms with Crippen molar-refractivity contribution >= 4 is 77.6 Å². The third-order valence-electron chi connectivity index (χ3n) is 0. The summed E-state index contributed by atoms with van der Waals surface area (Å²) in [6.07, 6.45) is 0. The van der Waals surface area contributed by atoms with E-state index < -0.39 is 12.3 Å². The molecule has 0 nitrogen and oxygen atoms in total.